The number of hydrogen-bond acceptors (Lipinski definition) is 10. The van der Waals surface area contributed by atoms with E-state index in [0.717, 1.165) is 6.08 Å². The maximum atomic E-state index is 13.1. The summed E-state index contributed by atoms with van der Waals surface area (Å²) in [7, 11) is 2.81. The Morgan fingerprint density at radius 3 is 2.41 bits per heavy atom. The maximum Gasteiger partial charge on any atom is 0.405 e. The van der Waals surface area contributed by atoms with Gasteiger partial charge in [-0.2, -0.15) is 0 Å². The zero-order valence-corrected chi connectivity index (χ0v) is 22.8. The first-order valence-corrected chi connectivity index (χ1v) is 12.4. The molecule has 2 rings (SSSR count). The molecule has 1 aliphatic carbocycles. The van der Waals surface area contributed by atoms with Gasteiger partial charge in [0.25, 0.3) is 5.91 Å². The Morgan fingerprint density at radius 2 is 1.82 bits per heavy atom. The molecule has 0 fully saturated rings. The second kappa shape index (κ2) is 14.0. The smallest absolute Gasteiger partial charge is 0.405 e. The summed E-state index contributed by atoms with van der Waals surface area (Å²) >= 11 is 0. The molecular weight excluding hydrogens is 508 g/mol. The first-order chi connectivity index (χ1) is 18.3. The molecule has 0 saturated heterocycles. The van der Waals surface area contributed by atoms with Crippen molar-refractivity contribution in [3.8, 4) is 0 Å². The summed E-state index contributed by atoms with van der Waals surface area (Å²) in [4.78, 5) is 50.0. The number of Topliss-reactive ketones (excluding diaryl/α,β-unsaturated/α-hetero) is 1. The Labute approximate surface area is 227 Å². The van der Waals surface area contributed by atoms with Gasteiger partial charge in [0.15, 0.2) is 6.10 Å². The first-order valence-electron chi connectivity index (χ1n) is 12.4. The van der Waals surface area contributed by atoms with Crippen LogP contribution in [-0.2, 0) is 28.6 Å². The third kappa shape index (κ3) is 8.20. The molecule has 0 spiro atoms. The van der Waals surface area contributed by atoms with Gasteiger partial charge in [0, 0.05) is 31.4 Å². The molecule has 39 heavy (non-hydrogen) atoms. The predicted molar refractivity (Wildman–Crippen MR) is 143 cm³/mol. The summed E-state index contributed by atoms with van der Waals surface area (Å²) < 4.78 is 16.3. The summed E-state index contributed by atoms with van der Waals surface area (Å²) in [5.74, 6) is -2.04. The monoisotopic (exact) mass is 546 g/mol. The van der Waals surface area contributed by atoms with Crippen LogP contribution in [0.2, 0.25) is 0 Å². The fraction of sp³-hybridized carbons (Fsp3) is 0.481. The fourth-order valence-corrected chi connectivity index (χ4v) is 4.41. The van der Waals surface area contributed by atoms with Crippen molar-refractivity contribution >= 4 is 23.6 Å². The first kappa shape index (κ1) is 31.6. The van der Waals surface area contributed by atoms with Crippen LogP contribution in [0.4, 0.5) is 4.79 Å². The number of fused-ring (bicyclic) bond motifs is 2. The zero-order valence-electron chi connectivity index (χ0n) is 22.8. The minimum absolute atomic E-state index is 0.0727. The second-order valence-electron chi connectivity index (χ2n) is 9.69. The van der Waals surface area contributed by atoms with Crippen LogP contribution in [0.15, 0.2) is 58.5 Å². The van der Waals surface area contributed by atoms with Crippen molar-refractivity contribution < 1.29 is 38.5 Å². The Hall–Kier alpha value is -3.58. The lowest BCUT2D eigenvalue weighted by Gasteiger charge is -2.29. The van der Waals surface area contributed by atoms with E-state index in [1.165, 1.54) is 45.4 Å². The molecule has 12 heteroatoms. The number of carbonyl (C=O) groups excluding carboxylic acids is 4. The third-order valence-corrected chi connectivity index (χ3v) is 6.62. The van der Waals surface area contributed by atoms with E-state index >= 15 is 0 Å². The molecule has 0 radical (unpaired) electrons. The lowest BCUT2D eigenvalue weighted by atomic mass is 9.86. The van der Waals surface area contributed by atoms with Crippen LogP contribution in [0.3, 0.4) is 0 Å². The Balaban J connectivity index is 2.58. The van der Waals surface area contributed by atoms with Gasteiger partial charge in [-0.3, -0.25) is 14.4 Å². The van der Waals surface area contributed by atoms with Gasteiger partial charge in [0.05, 0.1) is 29.6 Å². The average Bonchev–Trinajstić information content (AvgIpc) is 2.88. The number of aliphatic hydroxyl groups is 1. The summed E-state index contributed by atoms with van der Waals surface area (Å²) in [5, 5.41) is 13.5. The van der Waals surface area contributed by atoms with Gasteiger partial charge in [0.1, 0.15) is 6.10 Å². The highest BCUT2D eigenvalue weighted by Gasteiger charge is 2.32. The number of methoxy groups -OCH3 is 2. The number of carbonyl (C=O) groups is 4. The van der Waals surface area contributed by atoms with Gasteiger partial charge in [-0.15, -0.1) is 0 Å². The molecule has 8 N–H and O–H groups in total. The fourth-order valence-electron chi connectivity index (χ4n) is 4.41. The van der Waals surface area contributed by atoms with Gasteiger partial charge in [-0.1, -0.05) is 31.2 Å². The molecule has 214 valence electrons. The lowest BCUT2D eigenvalue weighted by Crippen LogP contribution is -2.44. The molecule has 1 aliphatic heterocycles. The summed E-state index contributed by atoms with van der Waals surface area (Å²) in [6.07, 6.45) is 2.57. The Bertz CT molecular complexity index is 1140. The summed E-state index contributed by atoms with van der Waals surface area (Å²) in [6.45, 7) is 4.97. The number of nitrogens with one attached hydrogen (secondary N) is 1. The molecule has 1 heterocycles. The van der Waals surface area contributed by atoms with Gasteiger partial charge in [-0.25, -0.2) is 4.79 Å². The SMILES string of the molecule is COC1/C=C\C=C(/C)C(=O)NC2=CC(=O)C(N)=C(CC(C)CC(OC)C(O)C(N)/C=C(\C)C1OC(N)=O)C2=O. The van der Waals surface area contributed by atoms with E-state index in [9.17, 15) is 24.3 Å². The second-order valence-corrected chi connectivity index (χ2v) is 9.69. The summed E-state index contributed by atoms with van der Waals surface area (Å²) in [6, 6.07) is -0.939. The number of primary amides is 1. The molecule has 0 aromatic carbocycles. The largest absolute Gasteiger partial charge is 0.439 e. The van der Waals surface area contributed by atoms with E-state index < -0.39 is 54.0 Å². The van der Waals surface area contributed by atoms with E-state index in [-0.39, 0.29) is 41.3 Å². The van der Waals surface area contributed by atoms with Crippen LogP contribution >= 0.6 is 0 Å². The molecule has 2 amide bonds. The molecule has 0 saturated carbocycles. The zero-order chi connectivity index (χ0) is 29.4. The van der Waals surface area contributed by atoms with Crippen LogP contribution in [-0.4, -0.2) is 73.4 Å². The number of ketones is 2. The minimum Gasteiger partial charge on any atom is -0.439 e. The van der Waals surface area contributed by atoms with Crippen molar-refractivity contribution in [1.29, 1.82) is 0 Å². The lowest BCUT2D eigenvalue weighted by molar-refractivity contribution is -0.120. The third-order valence-electron chi connectivity index (χ3n) is 6.62. The van der Waals surface area contributed by atoms with E-state index in [4.69, 9.17) is 31.4 Å². The van der Waals surface area contributed by atoms with Crippen LogP contribution in [0.1, 0.15) is 33.6 Å². The van der Waals surface area contributed by atoms with Crippen LogP contribution in [0.25, 0.3) is 0 Å². The quantitative estimate of drug-likeness (QED) is 0.243. The molecule has 2 bridgehead atoms. The molecule has 0 aromatic heterocycles. The van der Waals surface area contributed by atoms with Crippen molar-refractivity contribution in [2.75, 3.05) is 14.2 Å². The number of amides is 2. The minimum atomic E-state index is -1.18. The van der Waals surface area contributed by atoms with Crippen molar-refractivity contribution in [1.82, 2.24) is 5.32 Å². The highest BCUT2D eigenvalue weighted by atomic mass is 16.6. The normalized spacial score (nSPS) is 33.3. The van der Waals surface area contributed by atoms with Gasteiger partial charge in [-0.05, 0) is 38.2 Å². The molecular formula is C27H38N4O8. The summed E-state index contributed by atoms with van der Waals surface area (Å²) in [5.41, 5.74) is 17.9. The average molecular weight is 547 g/mol. The Morgan fingerprint density at radius 1 is 1.15 bits per heavy atom. The van der Waals surface area contributed by atoms with Gasteiger partial charge >= 0.3 is 6.09 Å². The molecule has 2 aliphatic rings. The van der Waals surface area contributed by atoms with E-state index in [1.807, 2.05) is 0 Å². The van der Waals surface area contributed by atoms with Crippen molar-refractivity contribution in [3.05, 3.63) is 58.5 Å². The van der Waals surface area contributed by atoms with Gasteiger partial charge in [0.2, 0.25) is 11.6 Å². The van der Waals surface area contributed by atoms with Crippen molar-refractivity contribution in [2.45, 2.75) is 64.1 Å². The maximum absolute atomic E-state index is 13.1. The number of rotatable bonds is 3. The molecule has 6 atom stereocenters. The number of nitrogens with two attached hydrogens (primary N) is 3. The highest BCUT2D eigenvalue weighted by Crippen LogP contribution is 2.26. The van der Waals surface area contributed by atoms with E-state index in [0.29, 0.717) is 5.57 Å². The van der Waals surface area contributed by atoms with E-state index in [2.05, 4.69) is 5.32 Å². The van der Waals surface area contributed by atoms with Crippen LogP contribution < -0.4 is 22.5 Å². The number of allylic oxidation sites excluding steroid dienone is 4. The number of aliphatic hydroxyl groups excluding tert-OH is 1. The molecule has 0 aromatic rings. The predicted octanol–water partition coefficient (Wildman–Crippen LogP) is 0.412. The van der Waals surface area contributed by atoms with Crippen LogP contribution in [0, 0.1) is 5.92 Å². The van der Waals surface area contributed by atoms with Gasteiger partial charge < -0.3 is 41.8 Å². The van der Waals surface area contributed by atoms with Crippen LogP contribution in [0.5, 0.6) is 0 Å². The van der Waals surface area contributed by atoms with E-state index in [1.54, 1.807) is 13.8 Å². The number of ether oxygens (including phenoxy) is 3. The van der Waals surface area contributed by atoms with Crippen molar-refractivity contribution in [3.63, 3.8) is 0 Å². The molecule has 6 unspecified atom stereocenters. The topological polar surface area (TPSA) is 206 Å². The number of hydrogen-bond donors (Lipinski definition) is 5. The van der Waals surface area contributed by atoms with Crippen molar-refractivity contribution in [2.24, 2.45) is 23.1 Å². The Kier molecular flexibility index (Phi) is 11.3. The molecule has 12 nitrogen and oxygen atoms in total. The standard InChI is InChI=1S/C27H38N4O8/c1-13-9-16-22(29)19(32)12-18(23(16)33)31-26(35)14(2)7-6-8-20(37-4)25(39-27(30)36)15(3)11-17(28)24(34)21(10-13)38-5/h6-8,11-13,17,20-21,24-25,34H,9-10,28-29H2,1-5H3,(H2,30,36)(H,31,35)/b8-6-,14-7+,15-11+. The highest BCUT2D eigenvalue weighted by molar-refractivity contribution is 6.23.